The van der Waals surface area contributed by atoms with Gasteiger partial charge in [0.05, 0.1) is 5.69 Å². The van der Waals surface area contributed by atoms with Crippen LogP contribution in [0, 0.1) is 0 Å². The predicted octanol–water partition coefficient (Wildman–Crippen LogP) is 2.90. The lowest BCUT2D eigenvalue weighted by atomic mass is 10.2. The largest absolute Gasteiger partial charge is 0.508 e. The van der Waals surface area contributed by atoms with Crippen molar-refractivity contribution in [1.29, 1.82) is 0 Å². The van der Waals surface area contributed by atoms with E-state index in [1.54, 1.807) is 24.3 Å². The molecular weight excluding hydrogens is 169 g/mol. The van der Waals surface area contributed by atoms with Crippen LogP contribution in [-0.2, 0) is 0 Å². The number of aromatic nitrogens is 1. The van der Waals surface area contributed by atoms with Crippen LogP contribution >= 0.6 is 0 Å². The van der Waals surface area contributed by atoms with Gasteiger partial charge in [-0.2, -0.15) is 0 Å². The lowest BCUT2D eigenvalue weighted by Gasteiger charge is -1.93. The standard InChI is InChI=1S/C10H10FNO/c1-6(11)10-5-7-4-8(13)2-3-9(7)12-10/h2-6,12-13H,1H3. The summed E-state index contributed by atoms with van der Waals surface area (Å²) < 4.78 is 12.9. The van der Waals surface area contributed by atoms with E-state index in [0.29, 0.717) is 5.69 Å². The third kappa shape index (κ3) is 1.37. The average Bonchev–Trinajstić information content (AvgIpc) is 2.46. The number of alkyl halides is 1. The maximum atomic E-state index is 12.9. The molecule has 0 saturated heterocycles. The van der Waals surface area contributed by atoms with Gasteiger partial charge in [0.1, 0.15) is 11.9 Å². The third-order valence-corrected chi connectivity index (χ3v) is 2.05. The molecule has 2 nitrogen and oxygen atoms in total. The quantitative estimate of drug-likeness (QED) is 0.693. The van der Waals surface area contributed by atoms with Crippen LogP contribution in [0.4, 0.5) is 4.39 Å². The van der Waals surface area contributed by atoms with Crippen molar-refractivity contribution in [3.05, 3.63) is 30.0 Å². The third-order valence-electron chi connectivity index (χ3n) is 2.05. The molecule has 0 spiro atoms. The van der Waals surface area contributed by atoms with Crippen LogP contribution in [0.5, 0.6) is 5.75 Å². The molecule has 2 aromatic rings. The number of fused-ring (bicyclic) bond motifs is 1. The van der Waals surface area contributed by atoms with Crippen LogP contribution in [0.3, 0.4) is 0 Å². The van der Waals surface area contributed by atoms with Crippen LogP contribution in [-0.4, -0.2) is 10.1 Å². The fourth-order valence-corrected chi connectivity index (χ4v) is 1.36. The first-order chi connectivity index (χ1) is 6.16. The molecular formula is C10H10FNO. The molecule has 0 aliphatic heterocycles. The summed E-state index contributed by atoms with van der Waals surface area (Å²) >= 11 is 0. The molecule has 0 bridgehead atoms. The number of nitrogens with one attached hydrogen (secondary N) is 1. The number of hydrogen-bond donors (Lipinski definition) is 2. The van der Waals surface area contributed by atoms with Gasteiger partial charge in [0.15, 0.2) is 0 Å². The van der Waals surface area contributed by atoms with Crippen LogP contribution in [0.2, 0.25) is 0 Å². The highest BCUT2D eigenvalue weighted by Gasteiger charge is 2.06. The Balaban J connectivity index is 2.62. The van der Waals surface area contributed by atoms with Gasteiger partial charge in [-0.3, -0.25) is 0 Å². The SMILES string of the molecule is CC(F)c1cc2cc(O)ccc2[nH]1. The molecule has 13 heavy (non-hydrogen) atoms. The minimum absolute atomic E-state index is 0.199. The van der Waals surface area contributed by atoms with Crippen molar-refractivity contribution in [2.45, 2.75) is 13.1 Å². The number of H-pyrrole nitrogens is 1. The maximum Gasteiger partial charge on any atom is 0.137 e. The van der Waals surface area contributed by atoms with Gasteiger partial charge < -0.3 is 10.1 Å². The number of halogens is 1. The van der Waals surface area contributed by atoms with E-state index in [4.69, 9.17) is 0 Å². The van der Waals surface area contributed by atoms with Crippen LogP contribution < -0.4 is 0 Å². The Morgan fingerprint density at radius 2 is 2.15 bits per heavy atom. The van der Waals surface area contributed by atoms with Gasteiger partial charge >= 0.3 is 0 Å². The van der Waals surface area contributed by atoms with E-state index in [1.165, 1.54) is 6.92 Å². The van der Waals surface area contributed by atoms with Gasteiger partial charge in [0.25, 0.3) is 0 Å². The van der Waals surface area contributed by atoms with E-state index in [0.717, 1.165) is 10.9 Å². The molecule has 0 aliphatic rings. The van der Waals surface area contributed by atoms with Crippen LogP contribution in [0.25, 0.3) is 10.9 Å². The Hall–Kier alpha value is -1.51. The fraction of sp³-hybridized carbons (Fsp3) is 0.200. The molecule has 0 saturated carbocycles. The summed E-state index contributed by atoms with van der Waals surface area (Å²) in [5.41, 5.74) is 1.39. The first kappa shape index (κ1) is 8.10. The molecule has 2 rings (SSSR count). The van der Waals surface area contributed by atoms with Crippen molar-refractivity contribution in [1.82, 2.24) is 4.98 Å². The average molecular weight is 179 g/mol. The van der Waals surface area contributed by atoms with Crippen LogP contribution in [0.1, 0.15) is 18.8 Å². The zero-order valence-electron chi connectivity index (χ0n) is 7.21. The van der Waals surface area contributed by atoms with Crippen molar-refractivity contribution in [3.63, 3.8) is 0 Å². The van der Waals surface area contributed by atoms with Crippen molar-refractivity contribution in [3.8, 4) is 5.75 Å². The molecule has 1 heterocycles. The number of benzene rings is 1. The van der Waals surface area contributed by atoms with E-state index in [-0.39, 0.29) is 5.75 Å². The Kier molecular flexibility index (Phi) is 1.72. The van der Waals surface area contributed by atoms with E-state index in [9.17, 15) is 9.50 Å². The van der Waals surface area contributed by atoms with Crippen molar-refractivity contribution >= 4 is 10.9 Å². The monoisotopic (exact) mass is 179 g/mol. The molecule has 0 fully saturated rings. The number of aromatic hydroxyl groups is 1. The summed E-state index contributed by atoms with van der Waals surface area (Å²) in [6.45, 7) is 1.48. The topological polar surface area (TPSA) is 36.0 Å². The molecule has 1 atom stereocenters. The first-order valence-electron chi connectivity index (χ1n) is 4.12. The predicted molar refractivity (Wildman–Crippen MR) is 49.5 cm³/mol. The molecule has 1 aromatic carbocycles. The van der Waals surface area contributed by atoms with E-state index < -0.39 is 6.17 Å². The molecule has 1 aromatic heterocycles. The summed E-state index contributed by atoms with van der Waals surface area (Å²) in [7, 11) is 0. The second-order valence-electron chi connectivity index (χ2n) is 3.11. The highest BCUT2D eigenvalue weighted by Crippen LogP contribution is 2.24. The fourth-order valence-electron chi connectivity index (χ4n) is 1.36. The zero-order valence-corrected chi connectivity index (χ0v) is 7.21. The lowest BCUT2D eigenvalue weighted by Crippen LogP contribution is -1.82. The van der Waals surface area contributed by atoms with E-state index in [1.807, 2.05) is 0 Å². The zero-order chi connectivity index (χ0) is 9.42. The summed E-state index contributed by atoms with van der Waals surface area (Å²) in [6, 6.07) is 6.62. The highest BCUT2D eigenvalue weighted by molar-refractivity contribution is 5.81. The van der Waals surface area contributed by atoms with Crippen LogP contribution in [0.15, 0.2) is 24.3 Å². The maximum absolute atomic E-state index is 12.9. The van der Waals surface area contributed by atoms with Gasteiger partial charge in [-0.25, -0.2) is 4.39 Å². The molecule has 3 heteroatoms. The Bertz CT molecular complexity index is 433. The molecule has 0 aliphatic carbocycles. The second kappa shape index (κ2) is 2.76. The lowest BCUT2D eigenvalue weighted by molar-refractivity contribution is 0.367. The summed E-state index contributed by atoms with van der Waals surface area (Å²) in [5.74, 6) is 0.199. The molecule has 2 N–H and O–H groups in total. The Morgan fingerprint density at radius 1 is 1.38 bits per heavy atom. The van der Waals surface area contributed by atoms with Crippen molar-refractivity contribution < 1.29 is 9.50 Å². The number of rotatable bonds is 1. The highest BCUT2D eigenvalue weighted by atomic mass is 19.1. The second-order valence-corrected chi connectivity index (χ2v) is 3.11. The summed E-state index contributed by atoms with van der Waals surface area (Å²) in [5, 5.41) is 10.0. The van der Waals surface area contributed by atoms with Gasteiger partial charge in [-0.15, -0.1) is 0 Å². The van der Waals surface area contributed by atoms with Gasteiger partial charge in [-0.05, 0) is 31.2 Å². The van der Waals surface area contributed by atoms with Crippen molar-refractivity contribution in [2.24, 2.45) is 0 Å². The van der Waals surface area contributed by atoms with Gasteiger partial charge in [-0.1, -0.05) is 0 Å². The van der Waals surface area contributed by atoms with Gasteiger partial charge in [0.2, 0.25) is 0 Å². The van der Waals surface area contributed by atoms with E-state index >= 15 is 0 Å². The minimum atomic E-state index is -1.01. The number of hydrogen-bond acceptors (Lipinski definition) is 1. The summed E-state index contributed by atoms with van der Waals surface area (Å²) in [4.78, 5) is 2.94. The number of phenols is 1. The number of aromatic amines is 1. The normalized spacial score (nSPS) is 13.4. The molecule has 0 amide bonds. The first-order valence-corrected chi connectivity index (χ1v) is 4.12. The molecule has 68 valence electrons. The van der Waals surface area contributed by atoms with Gasteiger partial charge in [0, 0.05) is 10.9 Å². The Morgan fingerprint density at radius 3 is 2.85 bits per heavy atom. The Labute approximate surface area is 75.0 Å². The number of phenolic OH excluding ortho intramolecular Hbond substituents is 1. The molecule has 1 unspecified atom stereocenters. The minimum Gasteiger partial charge on any atom is -0.508 e. The van der Waals surface area contributed by atoms with E-state index in [2.05, 4.69) is 4.98 Å². The smallest absolute Gasteiger partial charge is 0.137 e. The summed E-state index contributed by atoms with van der Waals surface area (Å²) in [6.07, 6.45) is -1.01. The molecule has 0 radical (unpaired) electrons. The van der Waals surface area contributed by atoms with Crippen molar-refractivity contribution in [2.75, 3.05) is 0 Å².